The topological polar surface area (TPSA) is 64.1 Å². The molecule has 1 rings (SSSR count). The van der Waals surface area contributed by atoms with Crippen LogP contribution in [0.1, 0.15) is 5.69 Å². The number of Topliss-reactive ketones (excluding diaryl/α,β-unsaturated/α-hetero) is 1. The summed E-state index contributed by atoms with van der Waals surface area (Å²) in [4.78, 5) is 15.3. The van der Waals surface area contributed by atoms with Crippen LogP contribution in [0.2, 0.25) is 0 Å². The van der Waals surface area contributed by atoms with Crippen LogP contribution >= 0.6 is 15.9 Å². The molecule has 0 atom stereocenters. The fraction of sp³-hybridized carbons (Fsp3) is 0.333. The molecule has 0 unspecified atom stereocenters. The summed E-state index contributed by atoms with van der Waals surface area (Å²) < 4.78 is 22.5. The summed E-state index contributed by atoms with van der Waals surface area (Å²) in [6.45, 7) is 0. The van der Waals surface area contributed by atoms with Crippen LogP contribution in [-0.2, 0) is 21.1 Å². The highest BCUT2D eigenvalue weighted by Crippen LogP contribution is 2.08. The average molecular weight is 292 g/mol. The summed E-state index contributed by atoms with van der Waals surface area (Å²) in [5.41, 5.74) is 0.576. The summed E-state index contributed by atoms with van der Waals surface area (Å²) in [6.07, 6.45) is 2.67. The number of carbonyl (C=O) groups is 1. The Labute approximate surface area is 96.8 Å². The number of sulfone groups is 1. The molecule has 15 heavy (non-hydrogen) atoms. The van der Waals surface area contributed by atoms with Gasteiger partial charge in [0.15, 0.2) is 15.6 Å². The van der Waals surface area contributed by atoms with Crippen molar-refractivity contribution in [3.05, 3.63) is 28.5 Å². The Balaban J connectivity index is 2.63. The number of halogens is 1. The van der Waals surface area contributed by atoms with Crippen molar-refractivity contribution < 1.29 is 13.2 Å². The Morgan fingerprint density at radius 3 is 2.60 bits per heavy atom. The number of hydrogen-bond acceptors (Lipinski definition) is 4. The van der Waals surface area contributed by atoms with Gasteiger partial charge in [-0.3, -0.25) is 9.78 Å². The van der Waals surface area contributed by atoms with Gasteiger partial charge in [0.2, 0.25) is 0 Å². The van der Waals surface area contributed by atoms with Crippen LogP contribution in [0, 0.1) is 0 Å². The summed E-state index contributed by atoms with van der Waals surface area (Å²) in [7, 11) is -3.24. The summed E-state index contributed by atoms with van der Waals surface area (Å²) >= 11 is 3.22. The van der Waals surface area contributed by atoms with Crippen LogP contribution in [0.25, 0.3) is 0 Å². The first-order valence-electron chi connectivity index (χ1n) is 4.17. The molecule has 1 aromatic rings. The van der Waals surface area contributed by atoms with Gasteiger partial charge in [-0.1, -0.05) is 0 Å². The molecule has 1 aromatic heterocycles. The summed E-state index contributed by atoms with van der Waals surface area (Å²) in [6, 6.07) is 3.44. The lowest BCUT2D eigenvalue weighted by atomic mass is 10.2. The second-order valence-corrected chi connectivity index (χ2v) is 6.31. The predicted molar refractivity (Wildman–Crippen MR) is 60.4 cm³/mol. The average Bonchev–Trinajstić information content (AvgIpc) is 2.05. The third kappa shape index (κ3) is 5.03. The zero-order valence-corrected chi connectivity index (χ0v) is 10.5. The molecule has 82 valence electrons. The molecule has 0 N–H and O–H groups in total. The first-order chi connectivity index (χ1) is 6.87. The molecule has 6 heteroatoms. The van der Waals surface area contributed by atoms with Gasteiger partial charge in [-0.25, -0.2) is 8.42 Å². The molecule has 0 bridgehead atoms. The van der Waals surface area contributed by atoms with Gasteiger partial charge < -0.3 is 0 Å². The molecule has 4 nitrogen and oxygen atoms in total. The van der Waals surface area contributed by atoms with Gasteiger partial charge in [0.05, 0.1) is 0 Å². The van der Waals surface area contributed by atoms with Crippen molar-refractivity contribution in [1.29, 1.82) is 0 Å². The zero-order chi connectivity index (χ0) is 11.5. The van der Waals surface area contributed by atoms with Crippen molar-refractivity contribution in [3.63, 3.8) is 0 Å². The van der Waals surface area contributed by atoms with Crippen LogP contribution in [0.4, 0.5) is 0 Å². The predicted octanol–water partition coefficient (Wildman–Crippen LogP) is 1.00. The Hall–Kier alpha value is -0.750. The van der Waals surface area contributed by atoms with Crippen LogP contribution in [0.5, 0.6) is 0 Å². The van der Waals surface area contributed by atoms with E-state index >= 15 is 0 Å². The third-order valence-corrected chi connectivity index (χ3v) is 2.91. The molecule has 0 spiro atoms. The highest BCUT2D eigenvalue weighted by Gasteiger charge is 2.11. The molecule has 0 saturated carbocycles. The summed E-state index contributed by atoms with van der Waals surface area (Å²) in [5.74, 6) is -0.766. The quantitative estimate of drug-likeness (QED) is 0.830. The van der Waals surface area contributed by atoms with E-state index in [0.717, 1.165) is 10.7 Å². The smallest absolute Gasteiger partial charge is 0.154 e. The second-order valence-electron chi connectivity index (χ2n) is 3.25. The number of rotatable bonds is 4. The molecule has 0 aliphatic carbocycles. The van der Waals surface area contributed by atoms with Crippen molar-refractivity contribution in [2.24, 2.45) is 0 Å². The molecule has 0 radical (unpaired) electrons. The van der Waals surface area contributed by atoms with Crippen molar-refractivity contribution in [1.82, 2.24) is 4.98 Å². The monoisotopic (exact) mass is 291 g/mol. The van der Waals surface area contributed by atoms with E-state index in [9.17, 15) is 13.2 Å². The summed E-state index contributed by atoms with van der Waals surface area (Å²) in [5, 5.41) is 0. The second kappa shape index (κ2) is 4.85. The lowest BCUT2D eigenvalue weighted by molar-refractivity contribution is -0.116. The first kappa shape index (κ1) is 12.3. The third-order valence-electron chi connectivity index (χ3n) is 1.59. The molecule has 1 heterocycles. The molecule has 0 aliphatic rings. The van der Waals surface area contributed by atoms with Gasteiger partial charge in [0.25, 0.3) is 0 Å². The molecule has 0 fully saturated rings. The minimum absolute atomic E-state index is 0.0559. The first-order valence-corrected chi connectivity index (χ1v) is 7.02. The van der Waals surface area contributed by atoms with Crippen molar-refractivity contribution in [2.75, 3.05) is 12.0 Å². The van der Waals surface area contributed by atoms with Gasteiger partial charge >= 0.3 is 0 Å². The van der Waals surface area contributed by atoms with Gasteiger partial charge in [-0.2, -0.15) is 0 Å². The van der Waals surface area contributed by atoms with Gasteiger partial charge in [-0.15, -0.1) is 0 Å². The Morgan fingerprint density at radius 2 is 2.13 bits per heavy atom. The van der Waals surface area contributed by atoms with Crippen LogP contribution < -0.4 is 0 Å². The van der Waals surface area contributed by atoms with Gasteiger partial charge in [0, 0.05) is 29.0 Å². The lowest BCUT2D eigenvalue weighted by Crippen LogP contribution is -2.16. The number of hydrogen-bond donors (Lipinski definition) is 0. The van der Waals surface area contributed by atoms with Gasteiger partial charge in [0.1, 0.15) is 5.75 Å². The Bertz CT molecular complexity index is 453. The maximum Gasteiger partial charge on any atom is 0.154 e. The molecule has 0 aromatic carbocycles. The van der Waals surface area contributed by atoms with E-state index in [2.05, 4.69) is 20.9 Å². The number of ketones is 1. The molecular weight excluding hydrogens is 282 g/mol. The Kier molecular flexibility index (Phi) is 3.98. The fourth-order valence-electron chi connectivity index (χ4n) is 1.06. The number of pyridine rings is 1. The number of nitrogens with zero attached hydrogens (tertiary/aromatic N) is 1. The van der Waals surface area contributed by atoms with E-state index in [1.807, 2.05) is 0 Å². The van der Waals surface area contributed by atoms with E-state index < -0.39 is 15.6 Å². The van der Waals surface area contributed by atoms with Crippen molar-refractivity contribution >= 4 is 31.6 Å². The van der Waals surface area contributed by atoms with E-state index in [1.54, 1.807) is 18.3 Å². The normalized spacial score (nSPS) is 11.3. The number of carbonyl (C=O) groups excluding carboxylic acids is 1. The van der Waals surface area contributed by atoms with Crippen LogP contribution in [-0.4, -0.2) is 31.2 Å². The fourth-order valence-corrected chi connectivity index (χ4v) is 1.98. The van der Waals surface area contributed by atoms with Crippen LogP contribution in [0.15, 0.2) is 22.8 Å². The van der Waals surface area contributed by atoms with Crippen LogP contribution in [0.3, 0.4) is 0 Å². The highest BCUT2D eigenvalue weighted by molar-refractivity contribution is 9.10. The van der Waals surface area contributed by atoms with E-state index in [-0.39, 0.29) is 12.2 Å². The largest absolute Gasteiger partial charge is 0.298 e. The highest BCUT2D eigenvalue weighted by atomic mass is 79.9. The number of aromatic nitrogens is 1. The minimum atomic E-state index is -3.24. The molecule has 0 saturated heterocycles. The lowest BCUT2D eigenvalue weighted by Gasteiger charge is -1.99. The van der Waals surface area contributed by atoms with Crippen molar-refractivity contribution in [2.45, 2.75) is 6.42 Å². The molecule has 0 aliphatic heterocycles. The SMILES string of the molecule is CS(=O)(=O)CC(=O)Cc1ccc(Br)cn1. The maximum atomic E-state index is 11.3. The Morgan fingerprint density at radius 1 is 1.47 bits per heavy atom. The molecular formula is C9H10BrNO3S. The van der Waals surface area contributed by atoms with Crippen molar-refractivity contribution in [3.8, 4) is 0 Å². The maximum absolute atomic E-state index is 11.3. The zero-order valence-electron chi connectivity index (χ0n) is 8.10. The van der Waals surface area contributed by atoms with E-state index in [0.29, 0.717) is 5.69 Å². The molecule has 0 amide bonds. The van der Waals surface area contributed by atoms with Gasteiger partial charge in [-0.05, 0) is 28.1 Å². The van der Waals surface area contributed by atoms with E-state index in [1.165, 1.54) is 0 Å². The van der Waals surface area contributed by atoms with E-state index in [4.69, 9.17) is 0 Å². The minimum Gasteiger partial charge on any atom is -0.298 e. The standard InChI is InChI=1S/C9H10BrNO3S/c1-15(13,14)6-9(12)4-8-3-2-7(10)5-11-8/h2-3,5H,4,6H2,1H3.